The Labute approximate surface area is 192 Å². The summed E-state index contributed by atoms with van der Waals surface area (Å²) in [6.45, 7) is 8.62. The average Bonchev–Trinajstić information content (AvgIpc) is 3.40. The molecule has 1 N–H and O–H groups in total. The molecule has 0 aliphatic rings. The molecule has 9 heteroatoms. The lowest BCUT2D eigenvalue weighted by molar-refractivity contribution is -0.134. The number of aromatic nitrogens is 3. The lowest BCUT2D eigenvalue weighted by Gasteiger charge is -2.25. The highest BCUT2D eigenvalue weighted by Gasteiger charge is 2.22. The van der Waals surface area contributed by atoms with Crippen LogP contribution < -0.4 is 5.32 Å². The van der Waals surface area contributed by atoms with Crippen molar-refractivity contribution in [1.82, 2.24) is 25.0 Å². The normalized spacial score (nSPS) is 11.4. The standard InChI is InChI=1S/C23H29N5O3S/c1-5-27(15-19(29)24-23(2,3)4)20(30)16-32-22-26-25-21(18-12-9-13-31-18)28(22)14-17-10-7-6-8-11-17/h6-13H,5,14-16H2,1-4H3,(H,24,29). The van der Waals surface area contributed by atoms with Crippen molar-refractivity contribution in [1.29, 1.82) is 0 Å². The van der Waals surface area contributed by atoms with Crippen LogP contribution in [0.15, 0.2) is 58.3 Å². The molecule has 0 bridgehead atoms. The minimum Gasteiger partial charge on any atom is -0.461 e. The van der Waals surface area contributed by atoms with Gasteiger partial charge in [0.2, 0.25) is 17.6 Å². The molecule has 0 unspecified atom stereocenters. The van der Waals surface area contributed by atoms with Crippen LogP contribution in [0.5, 0.6) is 0 Å². The SMILES string of the molecule is CCN(CC(=O)NC(C)(C)C)C(=O)CSc1nnc(-c2ccco2)n1Cc1ccccc1. The van der Waals surface area contributed by atoms with Crippen molar-refractivity contribution in [2.24, 2.45) is 0 Å². The molecule has 32 heavy (non-hydrogen) atoms. The fraction of sp³-hybridized carbons (Fsp3) is 0.391. The summed E-state index contributed by atoms with van der Waals surface area (Å²) in [5.74, 6) is 1.06. The van der Waals surface area contributed by atoms with E-state index in [2.05, 4.69) is 15.5 Å². The van der Waals surface area contributed by atoms with E-state index in [0.717, 1.165) is 5.56 Å². The van der Waals surface area contributed by atoms with Gasteiger partial charge in [-0.05, 0) is 45.4 Å². The summed E-state index contributed by atoms with van der Waals surface area (Å²) >= 11 is 1.30. The summed E-state index contributed by atoms with van der Waals surface area (Å²) in [5.41, 5.74) is 0.743. The van der Waals surface area contributed by atoms with Gasteiger partial charge in [0.15, 0.2) is 10.9 Å². The molecule has 1 aromatic carbocycles. The number of nitrogens with one attached hydrogen (secondary N) is 1. The molecule has 0 radical (unpaired) electrons. The van der Waals surface area contributed by atoms with Gasteiger partial charge < -0.3 is 14.6 Å². The third-order valence-electron chi connectivity index (χ3n) is 4.55. The smallest absolute Gasteiger partial charge is 0.240 e. The molecule has 3 rings (SSSR count). The van der Waals surface area contributed by atoms with E-state index in [9.17, 15) is 9.59 Å². The lowest BCUT2D eigenvalue weighted by atomic mass is 10.1. The fourth-order valence-corrected chi connectivity index (χ4v) is 3.96. The molecule has 0 saturated carbocycles. The summed E-state index contributed by atoms with van der Waals surface area (Å²) in [6.07, 6.45) is 1.59. The number of amides is 2. The molecule has 0 fully saturated rings. The van der Waals surface area contributed by atoms with Crippen LogP contribution in [-0.2, 0) is 16.1 Å². The quantitative estimate of drug-likeness (QED) is 0.497. The van der Waals surface area contributed by atoms with Crippen LogP contribution in [0.2, 0.25) is 0 Å². The number of likely N-dealkylation sites (N-methyl/N-ethyl adjacent to an activating group) is 1. The zero-order valence-electron chi connectivity index (χ0n) is 18.9. The van der Waals surface area contributed by atoms with Crippen molar-refractivity contribution in [2.45, 2.75) is 44.9 Å². The van der Waals surface area contributed by atoms with Gasteiger partial charge in [0.05, 0.1) is 25.1 Å². The van der Waals surface area contributed by atoms with Gasteiger partial charge >= 0.3 is 0 Å². The van der Waals surface area contributed by atoms with Crippen molar-refractivity contribution in [2.75, 3.05) is 18.8 Å². The molecule has 0 aliphatic heterocycles. The lowest BCUT2D eigenvalue weighted by Crippen LogP contribution is -2.47. The maximum Gasteiger partial charge on any atom is 0.240 e. The number of carbonyl (C=O) groups excluding carboxylic acids is 2. The maximum absolute atomic E-state index is 12.8. The predicted molar refractivity (Wildman–Crippen MR) is 124 cm³/mol. The molecular weight excluding hydrogens is 426 g/mol. The van der Waals surface area contributed by atoms with E-state index >= 15 is 0 Å². The van der Waals surface area contributed by atoms with Gasteiger partial charge in [-0.3, -0.25) is 14.2 Å². The highest BCUT2D eigenvalue weighted by Crippen LogP contribution is 2.25. The first-order chi connectivity index (χ1) is 15.3. The van der Waals surface area contributed by atoms with E-state index in [1.54, 1.807) is 17.2 Å². The summed E-state index contributed by atoms with van der Waals surface area (Å²) in [7, 11) is 0. The van der Waals surface area contributed by atoms with E-state index in [0.29, 0.717) is 29.8 Å². The Morgan fingerprint density at radius 2 is 1.88 bits per heavy atom. The summed E-state index contributed by atoms with van der Waals surface area (Å²) < 4.78 is 7.46. The molecule has 8 nitrogen and oxygen atoms in total. The zero-order chi connectivity index (χ0) is 23.1. The number of furan rings is 1. The minimum absolute atomic E-state index is 0.0293. The first-order valence-corrected chi connectivity index (χ1v) is 11.5. The number of rotatable bonds is 9. The molecule has 2 aromatic heterocycles. The maximum atomic E-state index is 12.8. The molecule has 0 saturated heterocycles. The van der Waals surface area contributed by atoms with Gasteiger partial charge in [0.1, 0.15) is 0 Å². The largest absolute Gasteiger partial charge is 0.461 e. The zero-order valence-corrected chi connectivity index (χ0v) is 19.7. The Bertz CT molecular complexity index is 1030. The molecular formula is C23H29N5O3S. The Morgan fingerprint density at radius 1 is 1.12 bits per heavy atom. The Hall–Kier alpha value is -3.07. The number of carbonyl (C=O) groups is 2. The second kappa shape index (κ2) is 10.5. The van der Waals surface area contributed by atoms with E-state index < -0.39 is 0 Å². The predicted octanol–water partition coefficient (Wildman–Crippen LogP) is 3.44. The number of hydrogen-bond acceptors (Lipinski definition) is 6. The van der Waals surface area contributed by atoms with Crippen molar-refractivity contribution in [3.05, 3.63) is 54.3 Å². The van der Waals surface area contributed by atoms with Crippen molar-refractivity contribution >= 4 is 23.6 Å². The van der Waals surface area contributed by atoms with E-state index in [4.69, 9.17) is 4.42 Å². The number of benzene rings is 1. The van der Waals surface area contributed by atoms with Crippen molar-refractivity contribution < 1.29 is 14.0 Å². The van der Waals surface area contributed by atoms with Crippen LogP contribution >= 0.6 is 11.8 Å². The topological polar surface area (TPSA) is 93.3 Å². The monoisotopic (exact) mass is 455 g/mol. The van der Waals surface area contributed by atoms with Crippen LogP contribution in [0.3, 0.4) is 0 Å². The molecule has 170 valence electrons. The van der Waals surface area contributed by atoms with Crippen LogP contribution in [0, 0.1) is 0 Å². The molecule has 2 amide bonds. The van der Waals surface area contributed by atoms with Crippen molar-refractivity contribution in [3.63, 3.8) is 0 Å². The third kappa shape index (κ3) is 6.46. The number of thioether (sulfide) groups is 1. The third-order valence-corrected chi connectivity index (χ3v) is 5.50. The molecule has 0 aliphatic carbocycles. The highest BCUT2D eigenvalue weighted by molar-refractivity contribution is 7.99. The van der Waals surface area contributed by atoms with Gasteiger partial charge in [-0.25, -0.2) is 0 Å². The fourth-order valence-electron chi connectivity index (χ4n) is 3.12. The average molecular weight is 456 g/mol. The second-order valence-corrected chi connectivity index (χ2v) is 9.29. The summed E-state index contributed by atoms with van der Waals surface area (Å²) in [5, 5.41) is 12.1. The van der Waals surface area contributed by atoms with Crippen molar-refractivity contribution in [3.8, 4) is 11.6 Å². The summed E-state index contributed by atoms with van der Waals surface area (Å²) in [6, 6.07) is 13.6. The van der Waals surface area contributed by atoms with E-state index in [1.807, 2.05) is 68.7 Å². The van der Waals surface area contributed by atoms with Gasteiger partial charge in [-0.15, -0.1) is 10.2 Å². The molecule has 3 aromatic rings. The van der Waals surface area contributed by atoms with Crippen LogP contribution in [0.1, 0.15) is 33.3 Å². The Balaban J connectivity index is 1.72. The number of nitrogens with zero attached hydrogens (tertiary/aromatic N) is 4. The first-order valence-electron chi connectivity index (χ1n) is 10.5. The molecule has 2 heterocycles. The Morgan fingerprint density at radius 3 is 2.50 bits per heavy atom. The first kappa shape index (κ1) is 23.6. The van der Waals surface area contributed by atoms with E-state index in [-0.39, 0.29) is 29.7 Å². The van der Waals surface area contributed by atoms with Gasteiger partial charge in [-0.2, -0.15) is 0 Å². The van der Waals surface area contributed by atoms with Gasteiger partial charge in [0, 0.05) is 12.1 Å². The highest BCUT2D eigenvalue weighted by atomic mass is 32.2. The second-order valence-electron chi connectivity index (χ2n) is 8.35. The van der Waals surface area contributed by atoms with Crippen LogP contribution in [0.25, 0.3) is 11.6 Å². The van der Waals surface area contributed by atoms with Crippen LogP contribution in [-0.4, -0.2) is 55.9 Å². The van der Waals surface area contributed by atoms with Gasteiger partial charge in [0.25, 0.3) is 0 Å². The Kier molecular flexibility index (Phi) is 7.74. The van der Waals surface area contributed by atoms with E-state index in [1.165, 1.54) is 11.8 Å². The minimum atomic E-state index is -0.343. The van der Waals surface area contributed by atoms with Gasteiger partial charge in [-0.1, -0.05) is 42.1 Å². The summed E-state index contributed by atoms with van der Waals surface area (Å²) in [4.78, 5) is 26.6. The molecule has 0 spiro atoms. The number of hydrogen-bond donors (Lipinski definition) is 1. The molecule has 0 atom stereocenters. The van der Waals surface area contributed by atoms with Crippen LogP contribution in [0.4, 0.5) is 0 Å².